The highest BCUT2D eigenvalue weighted by molar-refractivity contribution is 5.73. The minimum atomic E-state index is -0.268. The summed E-state index contributed by atoms with van der Waals surface area (Å²) in [6.45, 7) is 2.20. The topological polar surface area (TPSA) is 46.5 Å². The fourth-order valence-electron chi connectivity index (χ4n) is 1.94. The molecule has 3 nitrogen and oxygen atoms in total. The molecule has 3 heteroatoms. The number of para-hydroxylation sites is 2. The van der Waals surface area contributed by atoms with Gasteiger partial charge in [-0.15, -0.1) is 0 Å². The van der Waals surface area contributed by atoms with Crippen LogP contribution in [-0.2, 0) is 4.79 Å². The van der Waals surface area contributed by atoms with Gasteiger partial charge in [0.2, 0.25) is 0 Å². The van der Waals surface area contributed by atoms with E-state index in [2.05, 4.69) is 6.92 Å². The molecule has 0 bridgehead atoms. The van der Waals surface area contributed by atoms with E-state index in [-0.39, 0.29) is 17.5 Å². The molecule has 0 fully saturated rings. The summed E-state index contributed by atoms with van der Waals surface area (Å²) in [5.41, 5.74) is 0. The quantitative estimate of drug-likeness (QED) is 0.407. The molecular weight excluding hydrogens is 240 g/mol. The maximum absolute atomic E-state index is 11.6. The molecule has 0 saturated carbocycles. The van der Waals surface area contributed by atoms with Crippen LogP contribution in [0.25, 0.3) is 0 Å². The van der Waals surface area contributed by atoms with Crippen LogP contribution in [0, 0.1) is 0 Å². The summed E-state index contributed by atoms with van der Waals surface area (Å²) in [6, 6.07) is 6.54. The minimum Gasteiger partial charge on any atom is -0.504 e. The fraction of sp³-hybridized carbons (Fsp3) is 0.562. The molecule has 1 rings (SSSR count). The largest absolute Gasteiger partial charge is 0.504 e. The van der Waals surface area contributed by atoms with Crippen molar-refractivity contribution in [3.05, 3.63) is 24.3 Å². The predicted molar refractivity (Wildman–Crippen MR) is 76.4 cm³/mol. The molecule has 0 saturated heterocycles. The number of aromatic hydroxyl groups is 1. The van der Waals surface area contributed by atoms with Gasteiger partial charge in [0.15, 0.2) is 11.5 Å². The molecule has 0 heterocycles. The average molecular weight is 264 g/mol. The van der Waals surface area contributed by atoms with E-state index in [1.54, 1.807) is 18.2 Å². The van der Waals surface area contributed by atoms with Gasteiger partial charge >= 0.3 is 5.97 Å². The zero-order chi connectivity index (χ0) is 13.9. The Labute approximate surface area is 115 Å². The Kier molecular flexibility index (Phi) is 7.71. The Morgan fingerprint density at radius 2 is 1.68 bits per heavy atom. The number of esters is 1. The molecular formula is C16H24O3. The summed E-state index contributed by atoms with van der Waals surface area (Å²) in [6.07, 6.45) is 8.63. The number of phenolic OH excluding ortho intramolecular Hbond substituents is 1. The van der Waals surface area contributed by atoms with Crippen LogP contribution in [-0.4, -0.2) is 11.1 Å². The number of rotatable bonds is 9. The molecule has 0 unspecified atom stereocenters. The van der Waals surface area contributed by atoms with Crippen molar-refractivity contribution in [3.8, 4) is 11.5 Å². The van der Waals surface area contributed by atoms with Crippen LogP contribution in [0.5, 0.6) is 11.5 Å². The fourth-order valence-corrected chi connectivity index (χ4v) is 1.94. The second-order valence-corrected chi connectivity index (χ2v) is 4.81. The zero-order valence-electron chi connectivity index (χ0n) is 11.7. The van der Waals surface area contributed by atoms with Crippen LogP contribution in [0.4, 0.5) is 0 Å². The van der Waals surface area contributed by atoms with Crippen molar-refractivity contribution in [2.75, 3.05) is 0 Å². The molecule has 0 aliphatic heterocycles. The zero-order valence-corrected chi connectivity index (χ0v) is 11.7. The lowest BCUT2D eigenvalue weighted by Gasteiger charge is -2.05. The number of benzene rings is 1. The Morgan fingerprint density at radius 1 is 1.05 bits per heavy atom. The Bertz CT molecular complexity index is 374. The Hall–Kier alpha value is -1.51. The van der Waals surface area contributed by atoms with Crippen LogP contribution < -0.4 is 4.74 Å². The third kappa shape index (κ3) is 6.85. The van der Waals surface area contributed by atoms with E-state index in [0.29, 0.717) is 6.42 Å². The van der Waals surface area contributed by atoms with Crippen molar-refractivity contribution in [1.82, 2.24) is 0 Å². The van der Waals surface area contributed by atoms with Gasteiger partial charge in [0.05, 0.1) is 0 Å². The van der Waals surface area contributed by atoms with Gasteiger partial charge in [-0.1, -0.05) is 57.6 Å². The van der Waals surface area contributed by atoms with Gasteiger partial charge < -0.3 is 9.84 Å². The summed E-state index contributed by atoms with van der Waals surface area (Å²) >= 11 is 0. The molecule has 1 N–H and O–H groups in total. The predicted octanol–water partition coefficient (Wildman–Crippen LogP) is 4.44. The third-order valence-electron chi connectivity index (χ3n) is 3.07. The first-order chi connectivity index (χ1) is 9.24. The van der Waals surface area contributed by atoms with E-state index < -0.39 is 0 Å². The summed E-state index contributed by atoms with van der Waals surface area (Å²) in [5.74, 6) is -0.0130. The second-order valence-electron chi connectivity index (χ2n) is 4.81. The van der Waals surface area contributed by atoms with Gasteiger partial charge in [0.1, 0.15) is 0 Å². The van der Waals surface area contributed by atoms with E-state index in [9.17, 15) is 9.90 Å². The van der Waals surface area contributed by atoms with Crippen LogP contribution in [0.1, 0.15) is 58.3 Å². The van der Waals surface area contributed by atoms with Gasteiger partial charge in [-0.25, -0.2) is 0 Å². The standard InChI is InChI=1S/C16H24O3/c1-2-3-4-5-6-7-8-13-16(18)19-15-12-10-9-11-14(15)17/h9-12,17H,2-8,13H2,1H3. The summed E-state index contributed by atoms with van der Waals surface area (Å²) in [4.78, 5) is 11.6. The molecule has 0 atom stereocenters. The van der Waals surface area contributed by atoms with Crippen molar-refractivity contribution in [3.63, 3.8) is 0 Å². The smallest absolute Gasteiger partial charge is 0.311 e. The van der Waals surface area contributed by atoms with Crippen molar-refractivity contribution < 1.29 is 14.6 Å². The molecule has 0 aliphatic rings. The van der Waals surface area contributed by atoms with Gasteiger partial charge in [-0.3, -0.25) is 4.79 Å². The lowest BCUT2D eigenvalue weighted by atomic mass is 10.1. The first kappa shape index (κ1) is 15.5. The molecule has 0 spiro atoms. The van der Waals surface area contributed by atoms with Gasteiger partial charge in [-0.2, -0.15) is 0 Å². The van der Waals surface area contributed by atoms with Crippen molar-refractivity contribution in [2.45, 2.75) is 58.3 Å². The van der Waals surface area contributed by atoms with E-state index in [1.807, 2.05) is 0 Å². The van der Waals surface area contributed by atoms with Crippen molar-refractivity contribution in [2.24, 2.45) is 0 Å². The maximum atomic E-state index is 11.6. The molecule has 19 heavy (non-hydrogen) atoms. The van der Waals surface area contributed by atoms with Crippen LogP contribution in [0.2, 0.25) is 0 Å². The SMILES string of the molecule is CCCCCCCCCC(=O)Oc1ccccc1O. The Morgan fingerprint density at radius 3 is 2.37 bits per heavy atom. The first-order valence-electron chi connectivity index (χ1n) is 7.22. The third-order valence-corrected chi connectivity index (χ3v) is 3.07. The summed E-state index contributed by atoms with van der Waals surface area (Å²) in [7, 11) is 0. The average Bonchev–Trinajstić information content (AvgIpc) is 2.40. The van der Waals surface area contributed by atoms with E-state index in [0.717, 1.165) is 12.8 Å². The van der Waals surface area contributed by atoms with Gasteiger partial charge in [-0.05, 0) is 18.6 Å². The maximum Gasteiger partial charge on any atom is 0.311 e. The van der Waals surface area contributed by atoms with E-state index >= 15 is 0 Å². The van der Waals surface area contributed by atoms with Gasteiger partial charge in [0.25, 0.3) is 0 Å². The molecule has 0 aromatic heterocycles. The summed E-state index contributed by atoms with van der Waals surface area (Å²) < 4.78 is 5.10. The highest BCUT2D eigenvalue weighted by Gasteiger charge is 2.07. The van der Waals surface area contributed by atoms with Crippen molar-refractivity contribution >= 4 is 5.97 Å². The number of hydrogen-bond acceptors (Lipinski definition) is 3. The highest BCUT2D eigenvalue weighted by Crippen LogP contribution is 2.24. The number of hydrogen-bond donors (Lipinski definition) is 1. The monoisotopic (exact) mass is 264 g/mol. The molecule has 106 valence electrons. The molecule has 0 radical (unpaired) electrons. The van der Waals surface area contributed by atoms with Crippen LogP contribution >= 0.6 is 0 Å². The minimum absolute atomic E-state index is 0.00964. The molecule has 1 aromatic carbocycles. The number of ether oxygens (including phenoxy) is 1. The molecule has 0 amide bonds. The van der Waals surface area contributed by atoms with Crippen LogP contribution in [0.15, 0.2) is 24.3 Å². The van der Waals surface area contributed by atoms with Crippen molar-refractivity contribution in [1.29, 1.82) is 0 Å². The first-order valence-corrected chi connectivity index (χ1v) is 7.22. The lowest BCUT2D eigenvalue weighted by molar-refractivity contribution is -0.134. The van der Waals surface area contributed by atoms with Crippen LogP contribution in [0.3, 0.4) is 0 Å². The Balaban J connectivity index is 2.10. The molecule has 1 aromatic rings. The molecule has 0 aliphatic carbocycles. The van der Waals surface area contributed by atoms with E-state index in [4.69, 9.17) is 4.74 Å². The number of carbonyl (C=O) groups is 1. The number of carbonyl (C=O) groups excluding carboxylic acids is 1. The number of unbranched alkanes of at least 4 members (excludes halogenated alkanes) is 6. The second kappa shape index (κ2) is 9.42. The highest BCUT2D eigenvalue weighted by atomic mass is 16.5. The number of phenols is 1. The van der Waals surface area contributed by atoms with E-state index in [1.165, 1.54) is 38.2 Å². The van der Waals surface area contributed by atoms with Gasteiger partial charge in [0, 0.05) is 6.42 Å². The summed E-state index contributed by atoms with van der Waals surface area (Å²) in [5, 5.41) is 9.47. The normalized spacial score (nSPS) is 10.4. The lowest BCUT2D eigenvalue weighted by Crippen LogP contribution is -2.07.